The Labute approximate surface area is 108 Å². The number of carbonyl (C=O) groups excluding carboxylic acids is 1. The average molecular weight is 303 g/mol. The lowest BCUT2D eigenvalue weighted by atomic mass is 9.98. The van der Waals surface area contributed by atoms with Crippen LogP contribution in [0.2, 0.25) is 0 Å². The molecule has 94 valence electrons. The van der Waals surface area contributed by atoms with Gasteiger partial charge in [-0.3, -0.25) is 4.79 Å². The van der Waals surface area contributed by atoms with Crippen molar-refractivity contribution in [1.29, 1.82) is 0 Å². The number of aliphatic hydroxyl groups excluding tert-OH is 2. The van der Waals surface area contributed by atoms with Crippen LogP contribution >= 0.6 is 15.9 Å². The first-order valence-electron chi connectivity index (χ1n) is 5.15. The summed E-state index contributed by atoms with van der Waals surface area (Å²) in [5, 5.41) is 19.7. The molecule has 1 aromatic carbocycles. The molecule has 0 saturated carbocycles. The molecule has 1 rings (SSSR count). The molecule has 0 aliphatic heterocycles. The Bertz CT molecular complexity index is 405. The highest BCUT2D eigenvalue weighted by molar-refractivity contribution is 9.10. The van der Waals surface area contributed by atoms with Crippen LogP contribution in [-0.4, -0.2) is 29.4 Å². The molecule has 0 amide bonds. The van der Waals surface area contributed by atoms with Crippen LogP contribution in [-0.2, 0) is 9.53 Å². The zero-order valence-electron chi connectivity index (χ0n) is 9.68. The fourth-order valence-corrected chi connectivity index (χ4v) is 1.90. The van der Waals surface area contributed by atoms with Crippen molar-refractivity contribution in [2.45, 2.75) is 25.6 Å². The number of halogens is 1. The third-order valence-electron chi connectivity index (χ3n) is 2.60. The minimum atomic E-state index is -1.17. The zero-order valence-corrected chi connectivity index (χ0v) is 11.3. The number of benzene rings is 1. The first kappa shape index (κ1) is 14.2. The van der Waals surface area contributed by atoms with Gasteiger partial charge in [0, 0.05) is 4.47 Å². The van der Waals surface area contributed by atoms with E-state index in [-0.39, 0.29) is 6.42 Å². The molecular weight excluding hydrogens is 288 g/mol. The minimum Gasteiger partial charge on any atom is -0.469 e. The Morgan fingerprint density at radius 3 is 2.71 bits per heavy atom. The fourth-order valence-electron chi connectivity index (χ4n) is 1.52. The summed E-state index contributed by atoms with van der Waals surface area (Å²) in [5.74, 6) is -0.552. The summed E-state index contributed by atoms with van der Waals surface area (Å²) >= 11 is 3.34. The van der Waals surface area contributed by atoms with Gasteiger partial charge in [0.2, 0.25) is 0 Å². The second kappa shape index (κ2) is 6.14. The van der Waals surface area contributed by atoms with Crippen molar-refractivity contribution >= 4 is 21.9 Å². The zero-order chi connectivity index (χ0) is 13.0. The van der Waals surface area contributed by atoms with Gasteiger partial charge in [-0.15, -0.1) is 0 Å². The molecule has 5 heteroatoms. The standard InChI is InChI=1S/C12H15BrO4/c1-7-8(4-3-5-9(7)13)12(16)10(14)6-11(15)17-2/h3-5,10,12,14,16H,6H2,1-2H3. The molecule has 0 spiro atoms. The van der Waals surface area contributed by atoms with Crippen LogP contribution in [0.1, 0.15) is 23.7 Å². The lowest BCUT2D eigenvalue weighted by Crippen LogP contribution is -2.23. The summed E-state index contributed by atoms with van der Waals surface area (Å²) in [7, 11) is 1.24. The van der Waals surface area contributed by atoms with Crippen LogP contribution in [0.5, 0.6) is 0 Å². The normalized spacial score (nSPS) is 14.2. The van der Waals surface area contributed by atoms with Gasteiger partial charge >= 0.3 is 5.97 Å². The lowest BCUT2D eigenvalue weighted by molar-refractivity contribution is -0.144. The molecule has 2 N–H and O–H groups in total. The van der Waals surface area contributed by atoms with Crippen molar-refractivity contribution in [3.8, 4) is 0 Å². The fraction of sp³-hybridized carbons (Fsp3) is 0.417. The molecule has 2 atom stereocenters. The molecule has 0 aliphatic rings. The number of aliphatic hydroxyl groups is 2. The van der Waals surface area contributed by atoms with Crippen LogP contribution in [0.4, 0.5) is 0 Å². The number of ether oxygens (including phenoxy) is 1. The van der Waals surface area contributed by atoms with E-state index in [1.54, 1.807) is 12.1 Å². The van der Waals surface area contributed by atoms with Gasteiger partial charge in [0.05, 0.1) is 19.6 Å². The molecule has 2 unspecified atom stereocenters. The van der Waals surface area contributed by atoms with Crippen LogP contribution in [0, 0.1) is 6.92 Å². The maximum atomic E-state index is 11.0. The van der Waals surface area contributed by atoms with Crippen molar-refractivity contribution in [1.82, 2.24) is 0 Å². The van der Waals surface area contributed by atoms with Crippen molar-refractivity contribution in [3.05, 3.63) is 33.8 Å². The van der Waals surface area contributed by atoms with Crippen LogP contribution in [0.3, 0.4) is 0 Å². The van der Waals surface area contributed by atoms with E-state index < -0.39 is 18.2 Å². The van der Waals surface area contributed by atoms with Gasteiger partial charge in [0.15, 0.2) is 0 Å². The van der Waals surface area contributed by atoms with Gasteiger partial charge < -0.3 is 14.9 Å². The Morgan fingerprint density at radius 1 is 1.47 bits per heavy atom. The molecule has 1 aromatic rings. The average Bonchev–Trinajstić information content (AvgIpc) is 2.31. The topological polar surface area (TPSA) is 66.8 Å². The van der Waals surface area contributed by atoms with Gasteiger partial charge in [0.25, 0.3) is 0 Å². The number of hydrogen-bond donors (Lipinski definition) is 2. The van der Waals surface area contributed by atoms with Crippen LogP contribution < -0.4 is 0 Å². The van der Waals surface area contributed by atoms with Gasteiger partial charge in [-0.2, -0.15) is 0 Å². The van der Waals surface area contributed by atoms with Crippen molar-refractivity contribution in [2.75, 3.05) is 7.11 Å². The SMILES string of the molecule is COC(=O)CC(O)C(O)c1cccc(Br)c1C. The molecule has 0 fully saturated rings. The molecule has 0 radical (unpaired) electrons. The predicted octanol–water partition coefficient (Wildman–Crippen LogP) is 1.71. The van der Waals surface area contributed by atoms with E-state index in [9.17, 15) is 15.0 Å². The molecule has 0 aromatic heterocycles. The molecule has 4 nitrogen and oxygen atoms in total. The summed E-state index contributed by atoms with van der Waals surface area (Å²) in [4.78, 5) is 11.0. The van der Waals surface area contributed by atoms with E-state index in [4.69, 9.17) is 0 Å². The van der Waals surface area contributed by atoms with E-state index in [1.807, 2.05) is 13.0 Å². The smallest absolute Gasteiger partial charge is 0.308 e. The van der Waals surface area contributed by atoms with Crippen LogP contribution in [0.25, 0.3) is 0 Å². The van der Waals surface area contributed by atoms with Gasteiger partial charge in [-0.05, 0) is 24.1 Å². The predicted molar refractivity (Wildman–Crippen MR) is 66.5 cm³/mol. The van der Waals surface area contributed by atoms with E-state index in [2.05, 4.69) is 20.7 Å². The van der Waals surface area contributed by atoms with Crippen molar-refractivity contribution in [2.24, 2.45) is 0 Å². The summed E-state index contributed by atoms with van der Waals surface area (Å²) in [5.41, 5.74) is 1.43. The highest BCUT2D eigenvalue weighted by atomic mass is 79.9. The van der Waals surface area contributed by atoms with Gasteiger partial charge in [0.1, 0.15) is 6.10 Å². The van der Waals surface area contributed by atoms with Crippen molar-refractivity contribution in [3.63, 3.8) is 0 Å². The third-order valence-corrected chi connectivity index (χ3v) is 3.46. The molecule has 0 heterocycles. The lowest BCUT2D eigenvalue weighted by Gasteiger charge is -2.19. The quantitative estimate of drug-likeness (QED) is 0.831. The monoisotopic (exact) mass is 302 g/mol. The first-order chi connectivity index (χ1) is 7.97. The maximum Gasteiger partial charge on any atom is 0.308 e. The third kappa shape index (κ3) is 3.52. The largest absolute Gasteiger partial charge is 0.469 e. The maximum absolute atomic E-state index is 11.0. The second-order valence-electron chi connectivity index (χ2n) is 3.75. The summed E-state index contributed by atoms with van der Waals surface area (Å²) in [6.45, 7) is 1.83. The van der Waals surface area contributed by atoms with Crippen LogP contribution in [0.15, 0.2) is 22.7 Å². The number of esters is 1. The van der Waals surface area contributed by atoms with E-state index in [1.165, 1.54) is 7.11 Å². The highest BCUT2D eigenvalue weighted by Crippen LogP contribution is 2.27. The molecule has 17 heavy (non-hydrogen) atoms. The summed E-state index contributed by atoms with van der Waals surface area (Å²) in [6, 6.07) is 5.32. The Balaban J connectivity index is 2.85. The van der Waals surface area contributed by atoms with E-state index in [0.717, 1.165) is 10.0 Å². The number of rotatable bonds is 4. The Kier molecular flexibility index (Phi) is 5.11. The number of carbonyl (C=O) groups is 1. The molecule has 0 bridgehead atoms. The Morgan fingerprint density at radius 2 is 2.12 bits per heavy atom. The van der Waals surface area contributed by atoms with Gasteiger partial charge in [-0.1, -0.05) is 28.1 Å². The summed E-state index contributed by atoms with van der Waals surface area (Å²) < 4.78 is 5.29. The molecular formula is C12H15BrO4. The Hall–Kier alpha value is -0.910. The van der Waals surface area contributed by atoms with Crippen molar-refractivity contribution < 1.29 is 19.7 Å². The van der Waals surface area contributed by atoms with Gasteiger partial charge in [-0.25, -0.2) is 0 Å². The first-order valence-corrected chi connectivity index (χ1v) is 5.94. The van der Waals surface area contributed by atoms with E-state index >= 15 is 0 Å². The second-order valence-corrected chi connectivity index (χ2v) is 4.60. The van der Waals surface area contributed by atoms with E-state index in [0.29, 0.717) is 5.56 Å². The number of methoxy groups -OCH3 is 1. The molecule has 0 saturated heterocycles. The highest BCUT2D eigenvalue weighted by Gasteiger charge is 2.23. The summed E-state index contributed by atoms with van der Waals surface area (Å²) in [6.07, 6.45) is -2.51. The molecule has 0 aliphatic carbocycles. The minimum absolute atomic E-state index is 0.233. The number of hydrogen-bond acceptors (Lipinski definition) is 4.